The molecule has 0 atom stereocenters. The molecule has 13 nitrogen and oxygen atoms in total. The fourth-order valence-electron chi connectivity index (χ4n) is 6.42. The van der Waals surface area contributed by atoms with Gasteiger partial charge in [-0.2, -0.15) is 18.3 Å². The van der Waals surface area contributed by atoms with Gasteiger partial charge in [-0.3, -0.25) is 29.3 Å². The van der Waals surface area contributed by atoms with E-state index in [9.17, 15) is 27.6 Å². The number of halogens is 3. The summed E-state index contributed by atoms with van der Waals surface area (Å²) in [5, 5.41) is 15.3. The first kappa shape index (κ1) is 58.4. The molecular weight excluding hydrogens is 1040 g/mol. The smallest absolute Gasteiger partial charge is 0.753 e. The van der Waals surface area contributed by atoms with Gasteiger partial charge in [0.15, 0.2) is 0 Å². The van der Waals surface area contributed by atoms with Crippen LogP contribution >= 0.6 is 23.6 Å². The van der Waals surface area contributed by atoms with Gasteiger partial charge in [0, 0.05) is 53.3 Å². The molecule has 6 aromatic heterocycles. The van der Waals surface area contributed by atoms with Crippen molar-refractivity contribution in [3.8, 4) is 34.2 Å². The van der Waals surface area contributed by atoms with Crippen molar-refractivity contribution >= 4 is 78.5 Å². The second-order valence-corrected chi connectivity index (χ2v) is 16.2. The topological polar surface area (TPSA) is 180 Å². The molecule has 0 aliphatic heterocycles. The molecule has 0 bridgehead atoms. The summed E-state index contributed by atoms with van der Waals surface area (Å²) in [6, 6.07) is 19.6. The molecule has 0 spiro atoms. The number of thiocarbonyl (C=S) groups is 1. The van der Waals surface area contributed by atoms with Crippen LogP contribution in [-0.2, 0) is 60.7 Å². The minimum atomic E-state index is -4.50. The predicted octanol–water partition coefficient (Wildman–Crippen LogP) is 13.1. The van der Waals surface area contributed by atoms with Gasteiger partial charge < -0.3 is 29.8 Å². The monoisotopic (exact) mass is 1090 g/mol. The summed E-state index contributed by atoms with van der Waals surface area (Å²) in [5.74, 6) is 1.52. The van der Waals surface area contributed by atoms with Crippen molar-refractivity contribution in [2.45, 2.75) is 85.2 Å². The number of hydrogen-bond acceptors (Lipinski definition) is 13. The second-order valence-electron chi connectivity index (χ2n) is 14.8. The molecule has 71 heavy (non-hydrogen) atoms. The molecule has 6 heterocycles. The van der Waals surface area contributed by atoms with Gasteiger partial charge in [-0.15, -0.1) is 11.3 Å². The zero-order chi connectivity index (χ0) is 50.7. The molecule has 0 saturated carbocycles. The summed E-state index contributed by atoms with van der Waals surface area (Å²) in [6.45, 7) is 9.06. The number of isothiocyanates is 1. The number of alkyl halides is 3. The molecule has 0 aliphatic rings. The molecule has 0 N–H and O–H groups in total. The molecule has 0 radical (unpaired) electrons. The number of unbranched alkanes of at least 4 members (excludes halogenated alkanes) is 3. The fourth-order valence-corrected chi connectivity index (χ4v) is 7.38. The van der Waals surface area contributed by atoms with E-state index in [0.29, 0.717) is 84.4 Å². The largest absolute Gasteiger partial charge is 2.00 e. The minimum Gasteiger partial charge on any atom is -0.753 e. The average molecular weight is 1090 g/mol. The van der Waals surface area contributed by atoms with Crippen LogP contribution in [0.5, 0.6) is 0 Å². The number of ether oxygens (including phenoxy) is 3. The van der Waals surface area contributed by atoms with Gasteiger partial charge in [-0.1, -0.05) is 70.9 Å². The Morgan fingerprint density at radius 3 is 1.62 bits per heavy atom. The Labute approximate surface area is 432 Å². The Balaban J connectivity index is 0.000000367. The number of hydrogen-bond donors (Lipinski definition) is 0. The van der Waals surface area contributed by atoms with Crippen molar-refractivity contribution in [3.63, 3.8) is 0 Å². The number of thiophene rings is 1. The molecule has 0 unspecified atom stereocenters. The van der Waals surface area contributed by atoms with Crippen LogP contribution in [0.1, 0.15) is 110 Å². The van der Waals surface area contributed by atoms with Crippen molar-refractivity contribution in [2.75, 3.05) is 0 Å². The van der Waals surface area contributed by atoms with Crippen molar-refractivity contribution in [1.29, 1.82) is 0 Å². The van der Waals surface area contributed by atoms with E-state index in [-0.39, 0.29) is 25.2 Å². The van der Waals surface area contributed by atoms with Crippen molar-refractivity contribution in [3.05, 3.63) is 146 Å². The Morgan fingerprint density at radius 2 is 1.14 bits per heavy atom. The van der Waals surface area contributed by atoms with E-state index in [1.54, 1.807) is 72.4 Å². The van der Waals surface area contributed by atoms with Gasteiger partial charge in [0.2, 0.25) is 0 Å². The quantitative estimate of drug-likeness (QED) is 0.0119. The Bertz CT molecular complexity index is 2730. The Kier molecular flexibility index (Phi) is 25.8. The van der Waals surface area contributed by atoms with Gasteiger partial charge >= 0.3 is 25.7 Å². The van der Waals surface area contributed by atoms with Gasteiger partial charge in [0.1, 0.15) is 23.0 Å². The summed E-state index contributed by atoms with van der Waals surface area (Å²) < 4.78 is 53.2. The first-order valence-corrected chi connectivity index (χ1v) is 23.3. The first-order valence-electron chi connectivity index (χ1n) is 22.1. The number of nitrogens with zero attached hydrogens (tertiary/aromatic N) is 7. The molecule has 0 fully saturated rings. The normalized spacial score (nSPS) is 11.5. The van der Waals surface area contributed by atoms with Crippen LogP contribution in [0.2, 0.25) is 0 Å². The van der Waals surface area contributed by atoms with Gasteiger partial charge in [-0.05, 0) is 126 Å². The summed E-state index contributed by atoms with van der Waals surface area (Å²) in [7, 11) is 0. The molecule has 0 aliphatic carbocycles. The molecular formula is C52H50F3N7O6RuS2. The third kappa shape index (κ3) is 19.8. The van der Waals surface area contributed by atoms with Gasteiger partial charge in [0.25, 0.3) is 19.4 Å². The van der Waals surface area contributed by atoms with Crippen molar-refractivity contribution < 1.29 is 61.2 Å². The van der Waals surface area contributed by atoms with Crippen LogP contribution in [0.4, 0.5) is 13.2 Å². The van der Waals surface area contributed by atoms with E-state index < -0.39 is 11.9 Å². The van der Waals surface area contributed by atoms with Crippen molar-refractivity contribution in [2.24, 2.45) is 0 Å². The van der Waals surface area contributed by atoms with Crippen LogP contribution in [0.15, 0.2) is 103 Å². The maximum absolute atomic E-state index is 12.7. The van der Waals surface area contributed by atoms with E-state index in [4.69, 9.17) is 24.6 Å². The summed E-state index contributed by atoms with van der Waals surface area (Å²) in [6.07, 6.45) is 17.3. The second kappa shape index (κ2) is 31.3. The van der Waals surface area contributed by atoms with Crippen LogP contribution in [-0.4, -0.2) is 49.6 Å². The number of allylic oxidation sites excluding steroid dienone is 3. The molecule has 6 rings (SSSR count). The van der Waals surface area contributed by atoms with E-state index in [1.165, 1.54) is 35.7 Å². The third-order valence-electron chi connectivity index (χ3n) is 9.84. The number of rotatable bonds is 22. The van der Waals surface area contributed by atoms with Gasteiger partial charge in [0.05, 0.1) is 22.8 Å². The molecule has 6 aromatic rings. The molecule has 0 aromatic carbocycles. The third-order valence-corrected chi connectivity index (χ3v) is 11.0. The van der Waals surface area contributed by atoms with Crippen molar-refractivity contribution in [1.82, 2.24) is 30.1 Å². The zero-order valence-corrected chi connectivity index (χ0v) is 42.6. The van der Waals surface area contributed by atoms with Crippen LogP contribution in [0, 0.1) is 0 Å². The predicted molar refractivity (Wildman–Crippen MR) is 270 cm³/mol. The Morgan fingerprint density at radius 1 is 0.662 bits per heavy atom. The average Bonchev–Trinajstić information content (AvgIpc) is 4.06. The van der Waals surface area contributed by atoms with Crippen LogP contribution in [0.3, 0.4) is 0 Å². The van der Waals surface area contributed by atoms with Crippen LogP contribution in [0.25, 0.3) is 70.0 Å². The van der Waals surface area contributed by atoms with Crippen LogP contribution < -0.4 is 5.10 Å². The van der Waals surface area contributed by atoms with Gasteiger partial charge in [-0.25, -0.2) is 4.98 Å². The standard InChI is InChI=1S/C30H29N3O6.C21H21F3N3S.CNS.Ru/c1-4-24(37-18-34)11-21-7-9-31-27(14-21)29-16-23(13-26(6-3)39-20-36)17-30(33-29)28-15-22(8-10-32-28)12-25(5-2)38-19-35;1-2-3-4-5-6-16-9-10-17(28-16)8-7-15-11-12-25-18(13-15)19-14-20(27-26-19)21(22,23)24;2-1-3;/h7-20H,4-6H2,1-3H3;7-14H,2-6H2,1H3;;/q;2*-1;+2/b24-11+,25-12+,26-13+;8-7+;;. The van der Waals surface area contributed by atoms with E-state index in [1.807, 2.05) is 57.2 Å². The first-order chi connectivity index (χ1) is 33.9. The molecule has 0 amide bonds. The number of carbonyl (C=O) groups is 3. The number of aromatic nitrogens is 6. The van der Waals surface area contributed by atoms with E-state index in [2.05, 4.69) is 56.4 Å². The zero-order valence-electron chi connectivity index (χ0n) is 39.2. The Hall–Kier alpha value is -6.91. The SMILES string of the molecule is CC/C(=C\c1ccnc(-c2cc(/C=C(\CC)OC=O)cc(-c3cc(/C=C(\CC)OC=O)ccn3)n2)c1)OC=O.CCCCCCc1ccc(/C=C/c2ccnc(-c3cc(C(F)(F)F)n[n-]3)c2)s1.[N-]=C=S.[Ru+2]. The summed E-state index contributed by atoms with van der Waals surface area (Å²) in [4.78, 5) is 53.0. The van der Waals surface area contributed by atoms with E-state index in [0.717, 1.165) is 39.6 Å². The maximum atomic E-state index is 12.7. The summed E-state index contributed by atoms with van der Waals surface area (Å²) in [5.41, 5.74) is 4.92. The molecule has 370 valence electrons. The van der Waals surface area contributed by atoms with E-state index >= 15 is 0 Å². The number of carbonyl (C=O) groups excluding carboxylic acids is 3. The fraction of sp³-hybridized carbons (Fsp3) is 0.250. The maximum Gasteiger partial charge on any atom is 2.00 e. The number of aryl methyl sites for hydroxylation is 1. The molecule has 0 saturated heterocycles. The summed E-state index contributed by atoms with van der Waals surface area (Å²) >= 11 is 5.47. The minimum absolute atomic E-state index is 0. The molecule has 19 heteroatoms. The number of pyridine rings is 4.